The van der Waals surface area contributed by atoms with Crippen molar-refractivity contribution in [2.75, 3.05) is 17.7 Å². The number of oxime groups is 1. The molecule has 0 aromatic carbocycles. The zero-order valence-corrected chi connectivity index (χ0v) is 13.4. The first-order chi connectivity index (χ1) is 11.5. The van der Waals surface area contributed by atoms with Gasteiger partial charge >= 0.3 is 0 Å². The molecule has 0 saturated carbocycles. The van der Waals surface area contributed by atoms with Gasteiger partial charge in [-0.3, -0.25) is 14.5 Å². The molecule has 3 heterocycles. The predicted octanol–water partition coefficient (Wildman–Crippen LogP) is -1.49. The monoisotopic (exact) mass is 351 g/mol. The second kappa shape index (κ2) is 6.19. The number of carbonyl (C=O) groups is 2. The summed E-state index contributed by atoms with van der Waals surface area (Å²) in [7, 11) is 1.30. The van der Waals surface area contributed by atoms with Crippen LogP contribution in [0, 0.1) is 0 Å². The molecule has 2 amide bonds. The van der Waals surface area contributed by atoms with Crippen LogP contribution in [0.2, 0.25) is 0 Å². The molecule has 0 aliphatic carbocycles. The standard InChI is InChI=1S/C11H13N9O3S/c1-4-6(9(22)20(4)11-15-18-19-16-11)14-8(21)7(17-23-2)5-3-24-10(12)13-5/h3-4,6H,1-2H3,(H2,12,13)(H,14,21)(H,15,16,18,19). The van der Waals surface area contributed by atoms with Crippen LogP contribution in [-0.2, 0) is 14.4 Å². The molecule has 0 bridgehead atoms. The van der Waals surface area contributed by atoms with Crippen LogP contribution in [0.5, 0.6) is 0 Å². The molecular formula is C11H13N9O3S. The molecule has 3 rings (SSSR count). The van der Waals surface area contributed by atoms with Crippen LogP contribution in [0.15, 0.2) is 10.5 Å². The molecular weight excluding hydrogens is 338 g/mol. The smallest absolute Gasteiger partial charge is 0.276 e. The second-order valence-corrected chi connectivity index (χ2v) is 5.71. The third-order valence-electron chi connectivity index (χ3n) is 3.40. The second-order valence-electron chi connectivity index (χ2n) is 4.82. The summed E-state index contributed by atoms with van der Waals surface area (Å²) in [5.74, 6) is -0.720. The fourth-order valence-electron chi connectivity index (χ4n) is 2.26. The summed E-state index contributed by atoms with van der Waals surface area (Å²) < 4.78 is 0. The van der Waals surface area contributed by atoms with Crippen molar-refractivity contribution in [1.29, 1.82) is 0 Å². The zero-order chi connectivity index (χ0) is 17.3. The summed E-state index contributed by atoms with van der Waals surface area (Å²) in [5.41, 5.74) is 5.77. The van der Waals surface area contributed by atoms with Crippen LogP contribution in [-0.4, -0.2) is 62.3 Å². The maximum atomic E-state index is 12.4. The van der Waals surface area contributed by atoms with Gasteiger partial charge in [0.25, 0.3) is 11.8 Å². The van der Waals surface area contributed by atoms with Gasteiger partial charge in [0.2, 0.25) is 5.95 Å². The molecule has 0 spiro atoms. The summed E-state index contributed by atoms with van der Waals surface area (Å²) in [5, 5.41) is 21.1. The number of carbonyl (C=O) groups excluding carboxylic acids is 2. The van der Waals surface area contributed by atoms with E-state index in [0.717, 1.165) is 11.3 Å². The topological polar surface area (TPSA) is 164 Å². The lowest BCUT2D eigenvalue weighted by Crippen LogP contribution is -2.70. The number of nitrogens with one attached hydrogen (secondary N) is 2. The average Bonchev–Trinajstić information content (AvgIpc) is 3.22. The van der Waals surface area contributed by atoms with E-state index in [1.54, 1.807) is 12.3 Å². The number of β-lactam (4-membered cyclic amide) rings is 1. The molecule has 1 aliphatic rings. The Bertz CT molecular complexity index is 787. The number of aromatic nitrogens is 5. The molecule has 13 heteroatoms. The number of nitrogen functional groups attached to an aromatic ring is 1. The SMILES string of the molecule is CON=C(C(=O)NC1C(=O)N(c2nnn[nH]2)C1C)c1csc(N)n1. The van der Waals surface area contributed by atoms with E-state index in [1.807, 2.05) is 0 Å². The Kier molecular flexibility index (Phi) is 4.07. The molecule has 2 unspecified atom stereocenters. The Hall–Kier alpha value is -3.09. The highest BCUT2D eigenvalue weighted by molar-refractivity contribution is 7.13. The third-order valence-corrected chi connectivity index (χ3v) is 4.08. The number of nitrogens with zero attached hydrogens (tertiary/aromatic N) is 6. The number of thiazole rings is 1. The average molecular weight is 351 g/mol. The van der Waals surface area contributed by atoms with Crippen molar-refractivity contribution in [3.63, 3.8) is 0 Å². The number of hydrogen-bond donors (Lipinski definition) is 3. The van der Waals surface area contributed by atoms with Crippen LogP contribution in [0.25, 0.3) is 0 Å². The fourth-order valence-corrected chi connectivity index (χ4v) is 2.81. The number of rotatable bonds is 5. The van der Waals surface area contributed by atoms with Crippen LogP contribution in [0.4, 0.5) is 11.1 Å². The van der Waals surface area contributed by atoms with E-state index >= 15 is 0 Å². The van der Waals surface area contributed by atoms with E-state index in [0.29, 0.717) is 5.13 Å². The Labute approximate surface area is 139 Å². The number of tetrazole rings is 1. The maximum Gasteiger partial charge on any atom is 0.276 e. The van der Waals surface area contributed by atoms with Gasteiger partial charge in [-0.1, -0.05) is 10.3 Å². The number of aromatic amines is 1. The summed E-state index contributed by atoms with van der Waals surface area (Å²) >= 11 is 1.16. The van der Waals surface area contributed by atoms with Gasteiger partial charge in [-0.05, 0) is 17.4 Å². The molecule has 24 heavy (non-hydrogen) atoms. The highest BCUT2D eigenvalue weighted by Gasteiger charge is 2.48. The normalized spacial score (nSPS) is 20.7. The molecule has 1 saturated heterocycles. The lowest BCUT2D eigenvalue weighted by atomic mass is 9.97. The first-order valence-electron chi connectivity index (χ1n) is 6.73. The van der Waals surface area contributed by atoms with E-state index in [4.69, 9.17) is 5.73 Å². The van der Waals surface area contributed by atoms with Crippen LogP contribution >= 0.6 is 11.3 Å². The Morgan fingerprint density at radius 1 is 1.58 bits per heavy atom. The molecule has 2 atom stereocenters. The van der Waals surface area contributed by atoms with Gasteiger partial charge in [0.05, 0.1) is 6.04 Å². The quantitative estimate of drug-likeness (QED) is 0.333. The molecule has 4 N–H and O–H groups in total. The van der Waals surface area contributed by atoms with Crippen molar-refractivity contribution in [3.8, 4) is 0 Å². The summed E-state index contributed by atoms with van der Waals surface area (Å²) in [6, 6.07) is -1.07. The molecule has 1 fully saturated rings. The van der Waals surface area contributed by atoms with Crippen LogP contribution in [0.3, 0.4) is 0 Å². The molecule has 126 valence electrons. The van der Waals surface area contributed by atoms with Crippen molar-refractivity contribution in [3.05, 3.63) is 11.1 Å². The van der Waals surface area contributed by atoms with E-state index in [1.165, 1.54) is 12.0 Å². The van der Waals surface area contributed by atoms with Crippen molar-refractivity contribution in [1.82, 2.24) is 30.9 Å². The first-order valence-corrected chi connectivity index (χ1v) is 7.61. The highest BCUT2D eigenvalue weighted by Crippen LogP contribution is 2.24. The van der Waals surface area contributed by atoms with Gasteiger partial charge in [-0.25, -0.2) is 10.1 Å². The van der Waals surface area contributed by atoms with Gasteiger partial charge in [0.1, 0.15) is 18.8 Å². The minimum absolute atomic E-state index is 0.0646. The Morgan fingerprint density at radius 2 is 2.38 bits per heavy atom. The van der Waals surface area contributed by atoms with Crippen LogP contribution in [0.1, 0.15) is 12.6 Å². The molecule has 1 aliphatic heterocycles. The van der Waals surface area contributed by atoms with Crippen molar-refractivity contribution >= 4 is 39.9 Å². The van der Waals surface area contributed by atoms with Crippen LogP contribution < -0.4 is 16.0 Å². The minimum atomic E-state index is -0.736. The summed E-state index contributed by atoms with van der Waals surface area (Å²) in [6.45, 7) is 1.75. The van der Waals surface area contributed by atoms with Crippen molar-refractivity contribution < 1.29 is 14.4 Å². The highest BCUT2D eigenvalue weighted by atomic mass is 32.1. The largest absolute Gasteiger partial charge is 0.398 e. The van der Waals surface area contributed by atoms with E-state index in [-0.39, 0.29) is 29.3 Å². The van der Waals surface area contributed by atoms with Crippen molar-refractivity contribution in [2.45, 2.75) is 19.0 Å². The van der Waals surface area contributed by atoms with Gasteiger partial charge in [-0.2, -0.15) is 0 Å². The molecule has 2 aromatic heterocycles. The van der Waals surface area contributed by atoms with E-state index in [9.17, 15) is 9.59 Å². The van der Waals surface area contributed by atoms with Gasteiger partial charge < -0.3 is 15.9 Å². The fraction of sp³-hybridized carbons (Fsp3) is 0.364. The summed E-state index contributed by atoms with van der Waals surface area (Å²) in [4.78, 5) is 34.7. The minimum Gasteiger partial charge on any atom is -0.398 e. The number of anilines is 2. The third kappa shape index (κ3) is 2.64. The maximum absolute atomic E-state index is 12.4. The lowest BCUT2D eigenvalue weighted by Gasteiger charge is -2.43. The van der Waals surface area contributed by atoms with Gasteiger partial charge in [-0.15, -0.1) is 11.3 Å². The van der Waals surface area contributed by atoms with Gasteiger partial charge in [0.15, 0.2) is 10.8 Å². The van der Waals surface area contributed by atoms with Crippen molar-refractivity contribution in [2.24, 2.45) is 5.16 Å². The van der Waals surface area contributed by atoms with E-state index < -0.39 is 11.9 Å². The van der Waals surface area contributed by atoms with Gasteiger partial charge in [0, 0.05) is 5.38 Å². The molecule has 12 nitrogen and oxygen atoms in total. The number of H-pyrrole nitrogens is 1. The first kappa shape index (κ1) is 15.8. The predicted molar refractivity (Wildman–Crippen MR) is 83.1 cm³/mol. The van der Waals surface area contributed by atoms with E-state index in [2.05, 4.69) is 40.9 Å². The number of amides is 2. The number of hydrogen-bond acceptors (Lipinski definition) is 10. The Morgan fingerprint density at radius 3 is 2.92 bits per heavy atom. The Balaban J connectivity index is 1.72. The zero-order valence-electron chi connectivity index (χ0n) is 12.6. The number of nitrogens with two attached hydrogens (primary N) is 1. The molecule has 2 aromatic rings. The lowest BCUT2D eigenvalue weighted by molar-refractivity contribution is -0.130. The summed E-state index contributed by atoms with van der Waals surface area (Å²) in [6.07, 6.45) is 0. The molecule has 0 radical (unpaired) electrons.